The van der Waals surface area contributed by atoms with Crippen molar-refractivity contribution < 1.29 is 23.8 Å². The zero-order valence-corrected chi connectivity index (χ0v) is 29.2. The maximum Gasteiger partial charge on any atom is 0.305 e. The summed E-state index contributed by atoms with van der Waals surface area (Å²) in [4.78, 5) is 23.5. The van der Waals surface area contributed by atoms with E-state index in [2.05, 4.69) is 50.3 Å². The van der Waals surface area contributed by atoms with Crippen LogP contribution in [-0.2, 0) is 23.8 Å². The quantitative estimate of drug-likeness (QED) is 0.0416. The largest absolute Gasteiger partial charge is 0.463 e. The standard InChI is InChI=1S/C39H70O5/c1-4-6-8-10-12-14-16-18-19-20-22-24-26-28-30-32-34-42-38(35-43-37(3)40)36-44-39(41)33-31-29-27-25-23-21-17-15-13-11-9-7-5-2/h6,8,12,14,18-19,38H,4-5,7,9-11,13,15-17,20-36H2,1-3H3. The second-order valence-electron chi connectivity index (χ2n) is 12.2. The summed E-state index contributed by atoms with van der Waals surface area (Å²) in [6.45, 7) is 6.67. The molecule has 0 radical (unpaired) electrons. The Morgan fingerprint density at radius 1 is 0.545 bits per heavy atom. The number of ether oxygens (including phenoxy) is 3. The number of esters is 2. The number of unbranched alkanes of at least 4 members (excludes halogenated alkanes) is 18. The van der Waals surface area contributed by atoms with Gasteiger partial charge in [-0.25, -0.2) is 0 Å². The fraction of sp³-hybridized carbons (Fsp3) is 0.795. The molecule has 0 N–H and O–H groups in total. The minimum atomic E-state index is -0.399. The predicted molar refractivity (Wildman–Crippen MR) is 187 cm³/mol. The van der Waals surface area contributed by atoms with E-state index in [9.17, 15) is 9.59 Å². The third-order valence-corrected chi connectivity index (χ3v) is 7.79. The van der Waals surface area contributed by atoms with Crippen LogP contribution in [0, 0.1) is 0 Å². The van der Waals surface area contributed by atoms with Crippen molar-refractivity contribution in [3.63, 3.8) is 0 Å². The van der Waals surface area contributed by atoms with Crippen molar-refractivity contribution in [2.24, 2.45) is 0 Å². The third kappa shape index (κ3) is 34.6. The summed E-state index contributed by atoms with van der Waals surface area (Å²) < 4.78 is 16.5. The average Bonchev–Trinajstić information content (AvgIpc) is 3.01. The Bertz CT molecular complexity index is 711. The highest BCUT2D eigenvalue weighted by Crippen LogP contribution is 2.13. The molecule has 0 heterocycles. The fourth-order valence-electron chi connectivity index (χ4n) is 5.05. The lowest BCUT2D eigenvalue weighted by Gasteiger charge is -2.18. The number of hydrogen-bond donors (Lipinski definition) is 0. The van der Waals surface area contributed by atoms with E-state index in [1.165, 1.54) is 103 Å². The van der Waals surface area contributed by atoms with E-state index in [0.717, 1.165) is 51.4 Å². The van der Waals surface area contributed by atoms with Crippen molar-refractivity contribution in [3.8, 4) is 0 Å². The molecule has 5 heteroatoms. The number of carbonyl (C=O) groups is 2. The summed E-state index contributed by atoms with van der Waals surface area (Å²) in [6.07, 6.45) is 41.5. The van der Waals surface area contributed by atoms with Gasteiger partial charge < -0.3 is 14.2 Å². The zero-order chi connectivity index (χ0) is 32.2. The second-order valence-corrected chi connectivity index (χ2v) is 12.2. The highest BCUT2D eigenvalue weighted by molar-refractivity contribution is 5.69. The van der Waals surface area contributed by atoms with Gasteiger partial charge in [0.25, 0.3) is 0 Å². The smallest absolute Gasteiger partial charge is 0.305 e. The van der Waals surface area contributed by atoms with Gasteiger partial charge in [0.15, 0.2) is 0 Å². The summed E-state index contributed by atoms with van der Waals surface area (Å²) in [7, 11) is 0. The van der Waals surface area contributed by atoms with E-state index in [1.54, 1.807) is 0 Å². The van der Waals surface area contributed by atoms with E-state index in [0.29, 0.717) is 13.0 Å². The molecular formula is C39H70O5. The van der Waals surface area contributed by atoms with Gasteiger partial charge in [-0.1, -0.05) is 153 Å². The van der Waals surface area contributed by atoms with Crippen molar-refractivity contribution in [2.45, 2.75) is 181 Å². The van der Waals surface area contributed by atoms with Crippen molar-refractivity contribution in [3.05, 3.63) is 36.5 Å². The van der Waals surface area contributed by atoms with Crippen LogP contribution in [0.25, 0.3) is 0 Å². The normalized spacial score (nSPS) is 12.5. The Kier molecular flexibility index (Phi) is 34.1. The number of allylic oxidation sites excluding steroid dienone is 6. The molecule has 0 spiro atoms. The molecule has 1 unspecified atom stereocenters. The number of hydrogen-bond acceptors (Lipinski definition) is 5. The molecule has 0 aliphatic carbocycles. The minimum absolute atomic E-state index is 0.126. The van der Waals surface area contributed by atoms with Crippen LogP contribution in [0.4, 0.5) is 0 Å². The van der Waals surface area contributed by atoms with E-state index < -0.39 is 6.10 Å². The summed E-state index contributed by atoms with van der Waals surface area (Å²) in [5.41, 5.74) is 0. The highest BCUT2D eigenvalue weighted by Gasteiger charge is 2.14. The van der Waals surface area contributed by atoms with Crippen LogP contribution in [0.5, 0.6) is 0 Å². The number of carbonyl (C=O) groups excluding carboxylic acids is 2. The Labute approximate surface area is 272 Å². The van der Waals surface area contributed by atoms with Gasteiger partial charge in [-0.15, -0.1) is 0 Å². The SMILES string of the molecule is CCC=CCC=CCC=CCCCCCCCCOC(COC(C)=O)COC(=O)CCCCCCCCCCCCCCC. The summed E-state index contributed by atoms with van der Waals surface area (Å²) in [5.74, 6) is -0.529. The molecule has 0 saturated heterocycles. The van der Waals surface area contributed by atoms with Gasteiger partial charge in [-0.05, 0) is 44.9 Å². The first kappa shape index (κ1) is 42.1. The van der Waals surface area contributed by atoms with Crippen molar-refractivity contribution in [2.75, 3.05) is 19.8 Å². The lowest BCUT2D eigenvalue weighted by Crippen LogP contribution is -2.28. The van der Waals surface area contributed by atoms with Gasteiger partial charge in [-0.2, -0.15) is 0 Å². The van der Waals surface area contributed by atoms with Gasteiger partial charge in [0.1, 0.15) is 19.3 Å². The van der Waals surface area contributed by atoms with E-state index in [1.807, 2.05) is 0 Å². The summed E-state index contributed by atoms with van der Waals surface area (Å²) in [6, 6.07) is 0. The maximum atomic E-state index is 12.2. The second kappa shape index (κ2) is 35.6. The van der Waals surface area contributed by atoms with Gasteiger partial charge >= 0.3 is 11.9 Å². The molecule has 0 saturated carbocycles. The monoisotopic (exact) mass is 619 g/mol. The van der Waals surface area contributed by atoms with Crippen molar-refractivity contribution >= 4 is 11.9 Å². The van der Waals surface area contributed by atoms with Gasteiger partial charge in [0.05, 0.1) is 0 Å². The van der Waals surface area contributed by atoms with Crippen LogP contribution in [0.15, 0.2) is 36.5 Å². The Hall–Kier alpha value is -1.88. The topological polar surface area (TPSA) is 61.8 Å². The summed E-state index contributed by atoms with van der Waals surface area (Å²) >= 11 is 0. The summed E-state index contributed by atoms with van der Waals surface area (Å²) in [5, 5.41) is 0. The van der Waals surface area contributed by atoms with Crippen LogP contribution in [-0.4, -0.2) is 37.9 Å². The lowest BCUT2D eigenvalue weighted by molar-refractivity contribution is -0.154. The van der Waals surface area contributed by atoms with Crippen LogP contribution >= 0.6 is 0 Å². The molecule has 0 aromatic rings. The van der Waals surface area contributed by atoms with Crippen molar-refractivity contribution in [1.29, 1.82) is 0 Å². The molecule has 0 fully saturated rings. The molecule has 0 bridgehead atoms. The Balaban J connectivity index is 3.76. The fourth-order valence-corrected chi connectivity index (χ4v) is 5.05. The van der Waals surface area contributed by atoms with Crippen LogP contribution in [0.3, 0.4) is 0 Å². The van der Waals surface area contributed by atoms with E-state index in [4.69, 9.17) is 14.2 Å². The molecule has 44 heavy (non-hydrogen) atoms. The maximum absolute atomic E-state index is 12.2. The molecule has 1 atom stereocenters. The van der Waals surface area contributed by atoms with Gasteiger partial charge in [-0.3, -0.25) is 9.59 Å². The molecule has 0 amide bonds. The molecule has 0 aromatic heterocycles. The molecular weight excluding hydrogens is 548 g/mol. The molecule has 0 rings (SSSR count). The molecule has 0 aromatic carbocycles. The van der Waals surface area contributed by atoms with E-state index in [-0.39, 0.29) is 25.2 Å². The van der Waals surface area contributed by atoms with E-state index >= 15 is 0 Å². The Morgan fingerprint density at radius 2 is 1.02 bits per heavy atom. The first-order chi connectivity index (χ1) is 21.6. The van der Waals surface area contributed by atoms with Gasteiger partial charge in [0.2, 0.25) is 0 Å². The lowest BCUT2D eigenvalue weighted by atomic mass is 10.0. The van der Waals surface area contributed by atoms with Crippen LogP contribution < -0.4 is 0 Å². The predicted octanol–water partition coefficient (Wildman–Crippen LogP) is 11.5. The molecule has 0 aliphatic heterocycles. The molecule has 5 nitrogen and oxygen atoms in total. The minimum Gasteiger partial charge on any atom is -0.463 e. The highest BCUT2D eigenvalue weighted by atomic mass is 16.6. The van der Waals surface area contributed by atoms with Crippen molar-refractivity contribution in [1.82, 2.24) is 0 Å². The van der Waals surface area contributed by atoms with Crippen LogP contribution in [0.1, 0.15) is 175 Å². The van der Waals surface area contributed by atoms with Gasteiger partial charge in [0, 0.05) is 20.0 Å². The average molecular weight is 619 g/mol. The van der Waals surface area contributed by atoms with Crippen LogP contribution in [0.2, 0.25) is 0 Å². The third-order valence-electron chi connectivity index (χ3n) is 7.79. The first-order valence-electron chi connectivity index (χ1n) is 18.5. The zero-order valence-electron chi connectivity index (χ0n) is 29.2. The molecule has 256 valence electrons. The number of rotatable bonds is 33. The first-order valence-corrected chi connectivity index (χ1v) is 18.5. The Morgan fingerprint density at radius 3 is 1.59 bits per heavy atom. The molecule has 0 aliphatic rings.